The number of carbonyl (C=O) groups excluding carboxylic acids is 2. The van der Waals surface area contributed by atoms with E-state index in [-0.39, 0.29) is 31.8 Å². The summed E-state index contributed by atoms with van der Waals surface area (Å²) in [5.41, 5.74) is 0.342. The van der Waals surface area contributed by atoms with Crippen LogP contribution in [0.3, 0.4) is 0 Å². The van der Waals surface area contributed by atoms with Gasteiger partial charge in [-0.1, -0.05) is 35.3 Å². The lowest BCUT2D eigenvalue weighted by atomic mass is 10.2. The summed E-state index contributed by atoms with van der Waals surface area (Å²) in [5, 5.41) is 2.92. The monoisotopic (exact) mass is 539 g/mol. The Hall–Kier alpha value is -3.12. The smallest absolute Gasteiger partial charge is 0.269 e. The van der Waals surface area contributed by atoms with Gasteiger partial charge in [-0.2, -0.15) is 0 Å². The number of benzene rings is 3. The summed E-state index contributed by atoms with van der Waals surface area (Å²) in [6, 6.07) is 15.1. The lowest BCUT2D eigenvalue weighted by Crippen LogP contribution is -2.37. The first kappa shape index (κ1) is 24.0. The molecule has 0 fully saturated rings. The highest BCUT2D eigenvalue weighted by Crippen LogP contribution is 2.30. The molecule has 1 heterocycles. The van der Waals surface area contributed by atoms with Crippen molar-refractivity contribution in [2.45, 2.75) is 9.79 Å². The molecule has 3 aromatic carbocycles. The number of hydrogen-bond donors (Lipinski definition) is 2. The quantitative estimate of drug-likeness (QED) is 0.492. The Balaban J connectivity index is 1.45. The predicted octanol–water partition coefficient (Wildman–Crippen LogP) is 3.58. The van der Waals surface area contributed by atoms with Crippen molar-refractivity contribution in [2.75, 3.05) is 16.6 Å². The van der Waals surface area contributed by atoms with Crippen LogP contribution in [0, 0.1) is 0 Å². The standard InChI is InChI=1S/C21H15Cl2N3O6S2/c22-13-5-10-18(17(23)11-13)25-33(29,30)15-8-6-14(7-9-15)24-20(27)12-26-21(28)16-3-1-2-4-19(16)34(26,31)32/h1-11,25H,12H2,(H,24,27). The molecule has 0 aromatic heterocycles. The van der Waals surface area contributed by atoms with Crippen molar-refractivity contribution in [3.8, 4) is 0 Å². The molecule has 0 saturated heterocycles. The van der Waals surface area contributed by atoms with Crippen molar-refractivity contribution < 1.29 is 26.4 Å². The number of anilines is 2. The number of nitrogens with zero attached hydrogens (tertiary/aromatic N) is 1. The number of nitrogens with one attached hydrogen (secondary N) is 2. The van der Waals surface area contributed by atoms with Gasteiger partial charge in [-0.05, 0) is 54.6 Å². The van der Waals surface area contributed by atoms with E-state index in [9.17, 15) is 26.4 Å². The van der Waals surface area contributed by atoms with Crippen molar-refractivity contribution in [3.63, 3.8) is 0 Å². The molecule has 2 amide bonds. The normalized spacial score (nSPS) is 14.5. The Labute approximate surface area is 205 Å². The highest BCUT2D eigenvalue weighted by atomic mass is 35.5. The molecule has 4 rings (SSSR count). The van der Waals surface area contributed by atoms with Gasteiger partial charge in [-0.15, -0.1) is 0 Å². The van der Waals surface area contributed by atoms with E-state index in [2.05, 4.69) is 10.0 Å². The molecule has 0 unspecified atom stereocenters. The average Bonchev–Trinajstić information content (AvgIpc) is 2.97. The minimum Gasteiger partial charge on any atom is -0.325 e. The van der Waals surface area contributed by atoms with E-state index < -0.39 is 38.4 Å². The maximum atomic E-state index is 12.6. The van der Waals surface area contributed by atoms with Crippen LogP contribution in [-0.2, 0) is 24.8 Å². The molecule has 176 valence electrons. The molecular weight excluding hydrogens is 525 g/mol. The molecule has 13 heteroatoms. The minimum atomic E-state index is -4.13. The molecule has 0 spiro atoms. The van der Waals surface area contributed by atoms with Crippen molar-refractivity contribution in [2.24, 2.45) is 0 Å². The lowest BCUT2D eigenvalue weighted by Gasteiger charge is -2.15. The predicted molar refractivity (Wildman–Crippen MR) is 127 cm³/mol. The molecule has 0 aliphatic carbocycles. The largest absolute Gasteiger partial charge is 0.325 e. The fourth-order valence-corrected chi connectivity index (χ4v) is 6.33. The van der Waals surface area contributed by atoms with Gasteiger partial charge in [0.15, 0.2) is 0 Å². The third kappa shape index (κ3) is 4.60. The van der Waals surface area contributed by atoms with Crippen LogP contribution in [0.5, 0.6) is 0 Å². The molecule has 34 heavy (non-hydrogen) atoms. The first-order valence-electron chi connectivity index (χ1n) is 9.53. The molecule has 1 aliphatic rings. The molecule has 2 N–H and O–H groups in total. The lowest BCUT2D eigenvalue weighted by molar-refractivity contribution is -0.116. The van der Waals surface area contributed by atoms with Gasteiger partial charge >= 0.3 is 0 Å². The summed E-state index contributed by atoms with van der Waals surface area (Å²) in [6.45, 7) is -0.730. The van der Waals surface area contributed by atoms with Crippen LogP contribution < -0.4 is 10.0 Å². The molecule has 1 aliphatic heterocycles. The first-order chi connectivity index (χ1) is 16.0. The topological polar surface area (TPSA) is 130 Å². The van der Waals surface area contributed by atoms with Gasteiger partial charge in [-0.3, -0.25) is 14.3 Å². The second-order valence-electron chi connectivity index (χ2n) is 7.12. The zero-order chi connectivity index (χ0) is 24.7. The van der Waals surface area contributed by atoms with Crippen molar-refractivity contribution in [1.29, 1.82) is 0 Å². The SMILES string of the molecule is O=C(CN1C(=O)c2ccccc2S1(=O)=O)Nc1ccc(S(=O)(=O)Nc2ccc(Cl)cc2Cl)cc1. The minimum absolute atomic E-state index is 0.00171. The molecule has 0 atom stereocenters. The van der Waals surface area contributed by atoms with E-state index in [1.54, 1.807) is 0 Å². The second kappa shape index (κ2) is 8.91. The maximum absolute atomic E-state index is 12.6. The van der Waals surface area contributed by atoms with Crippen LogP contribution in [0.15, 0.2) is 76.5 Å². The van der Waals surface area contributed by atoms with Gasteiger partial charge in [0, 0.05) is 10.7 Å². The van der Waals surface area contributed by atoms with E-state index in [4.69, 9.17) is 23.2 Å². The van der Waals surface area contributed by atoms with Crippen LogP contribution in [0.2, 0.25) is 10.0 Å². The number of fused-ring (bicyclic) bond motifs is 1. The van der Waals surface area contributed by atoms with Crippen LogP contribution in [-0.4, -0.2) is 39.5 Å². The number of hydrogen-bond acceptors (Lipinski definition) is 6. The average molecular weight is 540 g/mol. The Kier molecular flexibility index (Phi) is 6.30. The Morgan fingerprint density at radius 2 is 1.65 bits per heavy atom. The van der Waals surface area contributed by atoms with Crippen molar-refractivity contribution >= 4 is 66.4 Å². The molecule has 9 nitrogen and oxygen atoms in total. The molecule has 3 aromatic rings. The van der Waals surface area contributed by atoms with Crippen LogP contribution in [0.25, 0.3) is 0 Å². The second-order valence-corrected chi connectivity index (χ2v) is 11.5. The summed E-state index contributed by atoms with van der Waals surface area (Å²) in [7, 11) is -8.12. The van der Waals surface area contributed by atoms with Gasteiger partial charge in [0.05, 0.1) is 21.2 Å². The molecule has 0 bridgehead atoms. The highest BCUT2D eigenvalue weighted by molar-refractivity contribution is 7.92. The van der Waals surface area contributed by atoms with Gasteiger partial charge in [-0.25, -0.2) is 21.1 Å². The first-order valence-corrected chi connectivity index (χ1v) is 13.2. The van der Waals surface area contributed by atoms with Crippen molar-refractivity contribution in [1.82, 2.24) is 4.31 Å². The zero-order valence-corrected chi connectivity index (χ0v) is 20.2. The van der Waals surface area contributed by atoms with E-state index >= 15 is 0 Å². The van der Waals surface area contributed by atoms with Crippen LogP contribution >= 0.6 is 23.2 Å². The van der Waals surface area contributed by atoms with Crippen LogP contribution in [0.4, 0.5) is 11.4 Å². The number of sulfonamides is 2. The Morgan fingerprint density at radius 1 is 0.971 bits per heavy atom. The number of carbonyl (C=O) groups is 2. The summed E-state index contributed by atoms with van der Waals surface area (Å²) in [4.78, 5) is 24.6. The van der Waals surface area contributed by atoms with E-state index in [1.165, 1.54) is 66.7 Å². The molecule has 0 radical (unpaired) electrons. The fourth-order valence-electron chi connectivity index (χ4n) is 3.21. The van der Waals surface area contributed by atoms with Gasteiger partial charge in [0.25, 0.3) is 26.0 Å². The Bertz CT molecular complexity index is 1520. The number of amides is 2. The fraction of sp³-hybridized carbons (Fsp3) is 0.0476. The van der Waals surface area contributed by atoms with E-state index in [0.717, 1.165) is 0 Å². The maximum Gasteiger partial charge on any atom is 0.269 e. The van der Waals surface area contributed by atoms with Crippen LogP contribution in [0.1, 0.15) is 10.4 Å². The summed E-state index contributed by atoms with van der Waals surface area (Å²) in [6.07, 6.45) is 0. The van der Waals surface area contributed by atoms with Crippen molar-refractivity contribution in [3.05, 3.63) is 82.3 Å². The number of rotatable bonds is 6. The summed E-state index contributed by atoms with van der Waals surface area (Å²) < 4.78 is 53.2. The van der Waals surface area contributed by atoms with E-state index in [1.807, 2.05) is 0 Å². The summed E-state index contributed by atoms with van der Waals surface area (Å²) in [5.74, 6) is -1.56. The Morgan fingerprint density at radius 3 is 2.29 bits per heavy atom. The van der Waals surface area contributed by atoms with E-state index in [0.29, 0.717) is 9.33 Å². The zero-order valence-electron chi connectivity index (χ0n) is 17.0. The number of halogens is 2. The third-order valence-corrected chi connectivity index (χ3v) is 8.54. The van der Waals surface area contributed by atoms with Gasteiger partial charge < -0.3 is 5.32 Å². The molecular formula is C21H15Cl2N3O6S2. The van der Waals surface area contributed by atoms with Gasteiger partial charge in [0.2, 0.25) is 5.91 Å². The highest BCUT2D eigenvalue weighted by Gasteiger charge is 2.41. The summed E-state index contributed by atoms with van der Waals surface area (Å²) >= 11 is 11.8. The van der Waals surface area contributed by atoms with Gasteiger partial charge in [0.1, 0.15) is 11.4 Å². The molecule has 0 saturated carbocycles. The third-order valence-electron chi connectivity index (χ3n) is 4.82.